The minimum Gasteiger partial charge on any atom is -0.326 e. The van der Waals surface area contributed by atoms with E-state index in [1.54, 1.807) is 30.5 Å². The molecular formula is C14H17N3O2S. The number of hydrogen-bond acceptors (Lipinski definition) is 4. The molecule has 5 nitrogen and oxygen atoms in total. The number of hydrogen-bond donors (Lipinski definition) is 1. The highest BCUT2D eigenvalue weighted by Crippen LogP contribution is 2.29. The maximum atomic E-state index is 12.8. The summed E-state index contributed by atoms with van der Waals surface area (Å²) >= 11 is 0. The van der Waals surface area contributed by atoms with Crippen LogP contribution in [0.25, 0.3) is 10.9 Å². The Kier molecular flexibility index (Phi) is 3.24. The smallest absolute Gasteiger partial charge is 0.244 e. The van der Waals surface area contributed by atoms with E-state index in [-0.39, 0.29) is 12.1 Å². The average molecular weight is 291 g/mol. The summed E-state index contributed by atoms with van der Waals surface area (Å²) in [5.41, 5.74) is 6.62. The normalized spacial score (nSPS) is 24.3. The highest BCUT2D eigenvalue weighted by atomic mass is 32.2. The number of nitrogens with zero attached hydrogens (tertiary/aromatic N) is 2. The van der Waals surface area contributed by atoms with E-state index in [0.29, 0.717) is 28.8 Å². The second kappa shape index (κ2) is 4.80. The number of nitrogens with two attached hydrogens (primary N) is 1. The number of aromatic nitrogens is 1. The van der Waals surface area contributed by atoms with Crippen molar-refractivity contribution < 1.29 is 8.42 Å². The van der Waals surface area contributed by atoms with Crippen LogP contribution < -0.4 is 5.73 Å². The molecule has 6 heteroatoms. The van der Waals surface area contributed by atoms with Crippen molar-refractivity contribution >= 4 is 20.9 Å². The van der Waals surface area contributed by atoms with Crippen LogP contribution in [0.15, 0.2) is 41.4 Å². The number of fused-ring (bicyclic) bond motifs is 1. The van der Waals surface area contributed by atoms with Crippen LogP contribution >= 0.6 is 0 Å². The maximum absolute atomic E-state index is 12.8. The molecular weight excluding hydrogens is 274 g/mol. The standard InChI is InChI=1S/C14H17N3O2S/c1-10-12(15)7-9-17(10)20(18,19)14-6-2-5-13-11(14)4-3-8-16-13/h2-6,8,10,12H,7,9,15H2,1H3. The van der Waals surface area contributed by atoms with Crippen LogP contribution in [-0.4, -0.2) is 36.3 Å². The Labute approximate surface area is 118 Å². The number of benzene rings is 1. The van der Waals surface area contributed by atoms with E-state index in [0.717, 1.165) is 0 Å². The fraction of sp³-hybridized carbons (Fsp3) is 0.357. The third kappa shape index (κ3) is 2.00. The zero-order chi connectivity index (χ0) is 14.3. The van der Waals surface area contributed by atoms with Crippen LogP contribution in [0.5, 0.6) is 0 Å². The quantitative estimate of drug-likeness (QED) is 0.906. The Morgan fingerprint density at radius 1 is 1.30 bits per heavy atom. The van der Waals surface area contributed by atoms with Crippen molar-refractivity contribution in [3.63, 3.8) is 0 Å². The Bertz CT molecular complexity index is 740. The van der Waals surface area contributed by atoms with Crippen molar-refractivity contribution in [3.05, 3.63) is 36.5 Å². The van der Waals surface area contributed by atoms with Crippen molar-refractivity contribution in [1.82, 2.24) is 9.29 Å². The van der Waals surface area contributed by atoms with Gasteiger partial charge in [-0.2, -0.15) is 4.31 Å². The fourth-order valence-corrected chi connectivity index (χ4v) is 4.59. The number of pyridine rings is 1. The van der Waals surface area contributed by atoms with Crippen LogP contribution in [0.3, 0.4) is 0 Å². The van der Waals surface area contributed by atoms with E-state index in [4.69, 9.17) is 5.73 Å². The predicted octanol–water partition coefficient (Wildman–Crippen LogP) is 1.34. The van der Waals surface area contributed by atoms with Crippen LogP contribution in [0.2, 0.25) is 0 Å². The monoisotopic (exact) mass is 291 g/mol. The lowest BCUT2D eigenvalue weighted by molar-refractivity contribution is 0.393. The van der Waals surface area contributed by atoms with Gasteiger partial charge in [0.2, 0.25) is 10.0 Å². The topological polar surface area (TPSA) is 76.3 Å². The molecule has 1 aliphatic rings. The first-order chi connectivity index (χ1) is 9.51. The van der Waals surface area contributed by atoms with Gasteiger partial charge < -0.3 is 5.73 Å². The van der Waals surface area contributed by atoms with Crippen molar-refractivity contribution in [3.8, 4) is 0 Å². The Balaban J connectivity index is 2.15. The number of sulfonamides is 1. The van der Waals surface area contributed by atoms with Gasteiger partial charge in [-0.1, -0.05) is 6.07 Å². The molecule has 0 radical (unpaired) electrons. The van der Waals surface area contributed by atoms with Crippen molar-refractivity contribution in [1.29, 1.82) is 0 Å². The van der Waals surface area contributed by atoms with Gasteiger partial charge in [0.15, 0.2) is 0 Å². The molecule has 0 spiro atoms. The minimum atomic E-state index is -3.53. The molecule has 20 heavy (non-hydrogen) atoms. The third-order valence-electron chi connectivity index (χ3n) is 3.95. The molecule has 2 aromatic rings. The van der Waals surface area contributed by atoms with Gasteiger partial charge in [0.25, 0.3) is 0 Å². The summed E-state index contributed by atoms with van der Waals surface area (Å²) in [7, 11) is -3.53. The molecule has 2 unspecified atom stereocenters. The molecule has 1 saturated heterocycles. The second-order valence-electron chi connectivity index (χ2n) is 5.14. The predicted molar refractivity (Wildman–Crippen MR) is 77.7 cm³/mol. The van der Waals surface area contributed by atoms with Gasteiger partial charge in [-0.15, -0.1) is 0 Å². The molecule has 1 aromatic heterocycles. The first kappa shape index (κ1) is 13.5. The van der Waals surface area contributed by atoms with Gasteiger partial charge in [-0.3, -0.25) is 4.98 Å². The lowest BCUT2D eigenvalue weighted by atomic mass is 10.2. The molecule has 2 N–H and O–H groups in total. The molecule has 1 aliphatic heterocycles. The first-order valence-electron chi connectivity index (χ1n) is 6.63. The lowest BCUT2D eigenvalue weighted by Crippen LogP contribution is -2.40. The molecule has 106 valence electrons. The third-order valence-corrected chi connectivity index (χ3v) is 5.99. The molecule has 0 aliphatic carbocycles. The summed E-state index contributed by atoms with van der Waals surface area (Å²) < 4.78 is 27.2. The molecule has 1 fully saturated rings. The van der Waals surface area contributed by atoms with E-state index in [1.165, 1.54) is 4.31 Å². The van der Waals surface area contributed by atoms with Crippen LogP contribution in [-0.2, 0) is 10.0 Å². The largest absolute Gasteiger partial charge is 0.326 e. The molecule has 0 amide bonds. The van der Waals surface area contributed by atoms with E-state index in [9.17, 15) is 8.42 Å². The summed E-state index contributed by atoms with van der Waals surface area (Å²) in [6.45, 7) is 2.33. The Hall–Kier alpha value is -1.50. The summed E-state index contributed by atoms with van der Waals surface area (Å²) in [6.07, 6.45) is 2.36. The van der Waals surface area contributed by atoms with Crippen LogP contribution in [0.4, 0.5) is 0 Å². The molecule has 1 aromatic carbocycles. The van der Waals surface area contributed by atoms with E-state index in [1.807, 2.05) is 13.0 Å². The minimum absolute atomic E-state index is 0.0992. The van der Waals surface area contributed by atoms with Crippen molar-refractivity contribution in [2.45, 2.75) is 30.3 Å². The molecule has 0 bridgehead atoms. The Morgan fingerprint density at radius 3 is 2.80 bits per heavy atom. The van der Waals surface area contributed by atoms with Gasteiger partial charge in [0.1, 0.15) is 0 Å². The first-order valence-corrected chi connectivity index (χ1v) is 8.07. The summed E-state index contributed by atoms with van der Waals surface area (Å²) in [4.78, 5) is 4.52. The van der Waals surface area contributed by atoms with Crippen molar-refractivity contribution in [2.24, 2.45) is 5.73 Å². The molecule has 2 heterocycles. The highest BCUT2D eigenvalue weighted by molar-refractivity contribution is 7.89. The highest BCUT2D eigenvalue weighted by Gasteiger charge is 2.37. The van der Waals surface area contributed by atoms with E-state index in [2.05, 4.69) is 4.98 Å². The number of rotatable bonds is 2. The molecule has 3 rings (SSSR count). The van der Waals surface area contributed by atoms with Crippen molar-refractivity contribution in [2.75, 3.05) is 6.54 Å². The fourth-order valence-electron chi connectivity index (χ4n) is 2.70. The molecule has 2 atom stereocenters. The average Bonchev–Trinajstić information content (AvgIpc) is 2.79. The SMILES string of the molecule is CC1C(N)CCN1S(=O)(=O)c1cccc2ncccc12. The van der Waals surface area contributed by atoms with Gasteiger partial charge >= 0.3 is 0 Å². The molecule has 0 saturated carbocycles. The van der Waals surface area contributed by atoms with E-state index >= 15 is 0 Å². The van der Waals surface area contributed by atoms with Gasteiger partial charge in [0.05, 0.1) is 10.4 Å². The van der Waals surface area contributed by atoms with Crippen LogP contribution in [0.1, 0.15) is 13.3 Å². The lowest BCUT2D eigenvalue weighted by Gasteiger charge is -2.23. The zero-order valence-electron chi connectivity index (χ0n) is 11.2. The Morgan fingerprint density at radius 2 is 2.10 bits per heavy atom. The van der Waals surface area contributed by atoms with E-state index < -0.39 is 10.0 Å². The van der Waals surface area contributed by atoms with Gasteiger partial charge in [0, 0.05) is 30.2 Å². The zero-order valence-corrected chi connectivity index (χ0v) is 12.0. The summed E-state index contributed by atoms with van der Waals surface area (Å²) in [6, 6.07) is 8.44. The maximum Gasteiger partial charge on any atom is 0.244 e. The summed E-state index contributed by atoms with van der Waals surface area (Å²) in [5.74, 6) is 0. The van der Waals surface area contributed by atoms with Crippen LogP contribution in [0, 0.1) is 0 Å². The van der Waals surface area contributed by atoms with Gasteiger partial charge in [-0.05, 0) is 37.6 Å². The van der Waals surface area contributed by atoms with Gasteiger partial charge in [-0.25, -0.2) is 8.42 Å². The summed E-state index contributed by atoms with van der Waals surface area (Å²) in [5, 5.41) is 0.655. The second-order valence-corrected chi connectivity index (χ2v) is 6.99.